The highest BCUT2D eigenvalue weighted by atomic mass is 16.1. The van der Waals surface area contributed by atoms with Crippen LogP contribution in [0.1, 0.15) is 11.1 Å². The van der Waals surface area contributed by atoms with Crippen molar-refractivity contribution < 1.29 is 4.79 Å². The standard InChI is InChI=1S/C22H18N2O/c23-16-20(22(25)24-14-13-17-7-2-1-3-8-17)15-19-11-6-10-18-9-4-5-12-21(18)19/h1-12,15H,13-14H2,(H,24,25)/b20-15+. The Kier molecular flexibility index (Phi) is 5.23. The molecular weight excluding hydrogens is 308 g/mol. The molecule has 1 N–H and O–H groups in total. The second kappa shape index (κ2) is 7.94. The molecule has 0 saturated heterocycles. The van der Waals surface area contributed by atoms with Crippen LogP contribution in [0.25, 0.3) is 16.8 Å². The quantitative estimate of drug-likeness (QED) is 0.567. The molecule has 0 heterocycles. The van der Waals surface area contributed by atoms with E-state index in [1.165, 1.54) is 0 Å². The smallest absolute Gasteiger partial charge is 0.261 e. The van der Waals surface area contributed by atoms with Crippen LogP contribution in [-0.2, 0) is 11.2 Å². The molecule has 0 aliphatic heterocycles. The van der Waals surface area contributed by atoms with Crippen LogP contribution in [-0.4, -0.2) is 12.5 Å². The van der Waals surface area contributed by atoms with Crippen molar-refractivity contribution in [1.29, 1.82) is 5.26 Å². The van der Waals surface area contributed by atoms with Crippen LogP contribution in [0.4, 0.5) is 0 Å². The summed E-state index contributed by atoms with van der Waals surface area (Å²) in [5.74, 6) is -0.341. The lowest BCUT2D eigenvalue weighted by Gasteiger charge is -2.06. The van der Waals surface area contributed by atoms with Gasteiger partial charge in [0, 0.05) is 6.54 Å². The van der Waals surface area contributed by atoms with Gasteiger partial charge in [-0.1, -0.05) is 72.8 Å². The monoisotopic (exact) mass is 326 g/mol. The average molecular weight is 326 g/mol. The van der Waals surface area contributed by atoms with Gasteiger partial charge in [0.25, 0.3) is 5.91 Å². The largest absolute Gasteiger partial charge is 0.351 e. The minimum Gasteiger partial charge on any atom is -0.351 e. The lowest BCUT2D eigenvalue weighted by Crippen LogP contribution is -2.26. The van der Waals surface area contributed by atoms with Crippen LogP contribution >= 0.6 is 0 Å². The van der Waals surface area contributed by atoms with Crippen molar-refractivity contribution in [3.8, 4) is 6.07 Å². The summed E-state index contributed by atoms with van der Waals surface area (Å²) >= 11 is 0. The van der Waals surface area contributed by atoms with Crippen LogP contribution in [0.2, 0.25) is 0 Å². The zero-order chi connectivity index (χ0) is 17.5. The third-order valence-corrected chi connectivity index (χ3v) is 4.03. The fourth-order valence-corrected chi connectivity index (χ4v) is 2.74. The highest BCUT2D eigenvalue weighted by molar-refractivity contribution is 6.04. The predicted octanol–water partition coefficient (Wildman–Crippen LogP) is 4.11. The Morgan fingerprint density at radius 1 is 0.960 bits per heavy atom. The van der Waals surface area contributed by atoms with Gasteiger partial charge in [-0.05, 0) is 34.4 Å². The molecule has 0 radical (unpaired) electrons. The number of hydrogen-bond donors (Lipinski definition) is 1. The minimum absolute atomic E-state index is 0.115. The van der Waals surface area contributed by atoms with Crippen LogP contribution in [0.3, 0.4) is 0 Å². The van der Waals surface area contributed by atoms with Crippen molar-refractivity contribution in [3.63, 3.8) is 0 Å². The Labute approximate surface area is 147 Å². The molecule has 0 aromatic heterocycles. The molecule has 0 bridgehead atoms. The van der Waals surface area contributed by atoms with E-state index in [9.17, 15) is 10.1 Å². The first-order valence-electron chi connectivity index (χ1n) is 8.19. The number of amides is 1. The molecule has 1 amide bonds. The number of nitrogens with zero attached hydrogens (tertiary/aromatic N) is 1. The SMILES string of the molecule is N#C/C(=C\c1cccc2ccccc12)C(=O)NCCc1ccccc1. The van der Waals surface area contributed by atoms with Crippen molar-refractivity contribution in [3.05, 3.63) is 89.5 Å². The van der Waals surface area contributed by atoms with Gasteiger partial charge < -0.3 is 5.32 Å². The fraction of sp³-hybridized carbons (Fsp3) is 0.0909. The molecule has 3 heteroatoms. The van der Waals surface area contributed by atoms with Gasteiger partial charge in [0.1, 0.15) is 11.6 Å². The zero-order valence-corrected chi connectivity index (χ0v) is 13.8. The maximum absolute atomic E-state index is 12.3. The number of nitrogens with one attached hydrogen (secondary N) is 1. The number of benzene rings is 3. The van der Waals surface area contributed by atoms with Crippen LogP contribution in [0, 0.1) is 11.3 Å². The zero-order valence-electron chi connectivity index (χ0n) is 13.8. The van der Waals surface area contributed by atoms with Crippen molar-refractivity contribution in [1.82, 2.24) is 5.32 Å². The van der Waals surface area contributed by atoms with Crippen LogP contribution in [0.15, 0.2) is 78.4 Å². The highest BCUT2D eigenvalue weighted by Crippen LogP contribution is 2.20. The molecule has 0 aliphatic rings. The summed E-state index contributed by atoms with van der Waals surface area (Å²) in [4.78, 5) is 12.3. The first kappa shape index (κ1) is 16.5. The minimum atomic E-state index is -0.341. The first-order chi connectivity index (χ1) is 12.3. The maximum Gasteiger partial charge on any atom is 0.261 e. The molecular formula is C22H18N2O. The summed E-state index contributed by atoms with van der Waals surface area (Å²) in [6, 6.07) is 25.7. The summed E-state index contributed by atoms with van der Waals surface area (Å²) in [6.07, 6.45) is 2.39. The Balaban J connectivity index is 1.73. The molecule has 25 heavy (non-hydrogen) atoms. The summed E-state index contributed by atoms with van der Waals surface area (Å²) in [7, 11) is 0. The van der Waals surface area contributed by atoms with Crippen molar-refractivity contribution in [2.24, 2.45) is 0 Å². The van der Waals surface area contributed by atoms with E-state index in [0.29, 0.717) is 6.54 Å². The third-order valence-electron chi connectivity index (χ3n) is 4.03. The second-order valence-corrected chi connectivity index (χ2v) is 5.73. The van der Waals surface area contributed by atoms with Gasteiger partial charge in [0.2, 0.25) is 0 Å². The molecule has 3 aromatic carbocycles. The Morgan fingerprint density at radius 3 is 2.48 bits per heavy atom. The molecule has 3 nitrogen and oxygen atoms in total. The van der Waals surface area contributed by atoms with Crippen molar-refractivity contribution in [2.45, 2.75) is 6.42 Å². The van der Waals surface area contributed by atoms with Gasteiger partial charge in [0.05, 0.1) is 0 Å². The maximum atomic E-state index is 12.3. The van der Waals surface area contributed by atoms with Gasteiger partial charge in [0.15, 0.2) is 0 Å². The Hall–Kier alpha value is -3.38. The second-order valence-electron chi connectivity index (χ2n) is 5.73. The van der Waals surface area contributed by atoms with Crippen LogP contribution < -0.4 is 5.32 Å². The topological polar surface area (TPSA) is 52.9 Å². The van der Waals surface area contributed by atoms with E-state index in [2.05, 4.69) is 5.32 Å². The van der Waals surface area contributed by atoms with Crippen molar-refractivity contribution >= 4 is 22.8 Å². The molecule has 0 saturated carbocycles. The summed E-state index contributed by atoms with van der Waals surface area (Å²) in [6.45, 7) is 0.497. The van der Waals surface area contributed by atoms with Crippen LogP contribution in [0.5, 0.6) is 0 Å². The van der Waals surface area contributed by atoms with Crippen molar-refractivity contribution in [2.75, 3.05) is 6.54 Å². The van der Waals surface area contributed by atoms with E-state index < -0.39 is 0 Å². The van der Waals surface area contributed by atoms with Gasteiger partial charge >= 0.3 is 0 Å². The molecule has 3 rings (SSSR count). The number of hydrogen-bond acceptors (Lipinski definition) is 2. The lowest BCUT2D eigenvalue weighted by molar-refractivity contribution is -0.117. The average Bonchev–Trinajstić information content (AvgIpc) is 2.67. The number of nitriles is 1. The van der Waals surface area contributed by atoms with Gasteiger partial charge in [-0.2, -0.15) is 5.26 Å². The highest BCUT2D eigenvalue weighted by Gasteiger charge is 2.09. The van der Waals surface area contributed by atoms with E-state index in [1.54, 1.807) is 6.08 Å². The van der Waals surface area contributed by atoms with E-state index in [0.717, 1.165) is 28.3 Å². The molecule has 0 aliphatic carbocycles. The van der Waals surface area contributed by atoms with Gasteiger partial charge in [-0.15, -0.1) is 0 Å². The number of fused-ring (bicyclic) bond motifs is 1. The summed E-state index contributed by atoms with van der Waals surface area (Å²) in [5, 5.41) is 14.3. The normalized spacial score (nSPS) is 11.1. The number of carbonyl (C=O) groups is 1. The van der Waals surface area contributed by atoms with Gasteiger partial charge in [-0.25, -0.2) is 0 Å². The van der Waals surface area contributed by atoms with E-state index in [4.69, 9.17) is 0 Å². The lowest BCUT2D eigenvalue weighted by atomic mass is 10.0. The third kappa shape index (κ3) is 4.13. The van der Waals surface area contributed by atoms with E-state index in [-0.39, 0.29) is 11.5 Å². The number of rotatable bonds is 5. The fourth-order valence-electron chi connectivity index (χ4n) is 2.74. The molecule has 0 spiro atoms. The predicted molar refractivity (Wildman–Crippen MR) is 101 cm³/mol. The van der Waals surface area contributed by atoms with E-state index >= 15 is 0 Å². The summed E-state index contributed by atoms with van der Waals surface area (Å²) < 4.78 is 0. The molecule has 122 valence electrons. The Morgan fingerprint density at radius 2 is 1.68 bits per heavy atom. The molecule has 3 aromatic rings. The summed E-state index contributed by atoms with van der Waals surface area (Å²) in [5.41, 5.74) is 2.14. The molecule has 0 fully saturated rings. The van der Waals surface area contributed by atoms with E-state index in [1.807, 2.05) is 78.9 Å². The Bertz CT molecular complexity index is 947. The number of carbonyl (C=O) groups excluding carboxylic acids is 1. The molecule has 0 unspecified atom stereocenters. The van der Waals surface area contributed by atoms with Gasteiger partial charge in [-0.3, -0.25) is 4.79 Å². The molecule has 0 atom stereocenters. The first-order valence-corrected chi connectivity index (χ1v) is 8.19.